The predicted molar refractivity (Wildman–Crippen MR) is 65.5 cm³/mol. The number of carbonyl (C=O) groups is 1. The zero-order valence-corrected chi connectivity index (χ0v) is 10.8. The van der Waals surface area contributed by atoms with E-state index in [1.54, 1.807) is 25.1 Å². The van der Waals surface area contributed by atoms with Crippen molar-refractivity contribution in [1.29, 1.82) is 0 Å². The molecule has 18 heavy (non-hydrogen) atoms. The van der Waals surface area contributed by atoms with E-state index < -0.39 is 16.1 Å². The second-order valence-corrected chi connectivity index (χ2v) is 5.00. The number of benzene rings is 1. The van der Waals surface area contributed by atoms with E-state index in [2.05, 4.69) is 11.3 Å². The maximum Gasteiger partial charge on any atom is 0.330 e. The molecular weight excluding hydrogens is 256 g/mol. The van der Waals surface area contributed by atoms with Crippen LogP contribution in [-0.2, 0) is 23.8 Å². The lowest BCUT2D eigenvalue weighted by Gasteiger charge is -2.07. The maximum atomic E-state index is 11.8. The topological polar surface area (TPSA) is 69.7 Å². The highest BCUT2D eigenvalue weighted by Gasteiger charge is 2.17. The lowest BCUT2D eigenvalue weighted by molar-refractivity contribution is -0.138. The molecule has 6 heteroatoms. The normalized spacial score (nSPS) is 10.9. The van der Waals surface area contributed by atoms with Crippen LogP contribution in [-0.4, -0.2) is 27.6 Å². The summed E-state index contributed by atoms with van der Waals surface area (Å²) in [5.41, 5.74) is 0.598. The first kappa shape index (κ1) is 14.4. The molecule has 0 spiro atoms. The molecule has 1 aromatic carbocycles. The van der Waals surface area contributed by atoms with Crippen molar-refractivity contribution in [1.82, 2.24) is 0 Å². The van der Waals surface area contributed by atoms with Gasteiger partial charge < -0.3 is 4.74 Å². The Bertz CT molecular complexity index is 533. The van der Waals surface area contributed by atoms with Crippen molar-refractivity contribution in [3.8, 4) is 0 Å². The average Bonchev–Trinajstić information content (AvgIpc) is 2.34. The molecule has 1 rings (SSSR count). The Morgan fingerprint density at radius 2 is 2.00 bits per heavy atom. The molecule has 98 valence electrons. The molecule has 5 nitrogen and oxygen atoms in total. The second kappa shape index (κ2) is 6.32. The van der Waals surface area contributed by atoms with Gasteiger partial charge in [-0.1, -0.05) is 24.8 Å². The first-order valence-electron chi connectivity index (χ1n) is 5.21. The van der Waals surface area contributed by atoms with Gasteiger partial charge in [0.25, 0.3) is 10.1 Å². The maximum absolute atomic E-state index is 11.8. The number of carbonyl (C=O) groups excluding carboxylic acids is 1. The molecular formula is C12H14O5S. The monoisotopic (exact) mass is 270 g/mol. The molecule has 1 aromatic rings. The van der Waals surface area contributed by atoms with Crippen LogP contribution in [0, 0.1) is 6.92 Å². The Morgan fingerprint density at radius 1 is 1.33 bits per heavy atom. The molecule has 0 radical (unpaired) electrons. The molecule has 0 amide bonds. The second-order valence-electron chi connectivity index (χ2n) is 3.41. The first-order chi connectivity index (χ1) is 8.47. The van der Waals surface area contributed by atoms with Crippen LogP contribution >= 0.6 is 0 Å². The fourth-order valence-corrected chi connectivity index (χ4v) is 2.37. The zero-order chi connectivity index (χ0) is 13.6. The highest BCUT2D eigenvalue weighted by atomic mass is 32.2. The summed E-state index contributed by atoms with van der Waals surface area (Å²) in [5, 5.41) is 0. The lowest BCUT2D eigenvalue weighted by atomic mass is 10.2. The van der Waals surface area contributed by atoms with Gasteiger partial charge in [0, 0.05) is 6.08 Å². The van der Waals surface area contributed by atoms with Crippen LogP contribution in [0.1, 0.15) is 5.56 Å². The molecule has 0 unspecified atom stereocenters. The summed E-state index contributed by atoms with van der Waals surface area (Å²) in [6, 6.07) is 6.48. The molecule has 0 aliphatic heterocycles. The third-order valence-electron chi connectivity index (χ3n) is 2.10. The van der Waals surface area contributed by atoms with Crippen LogP contribution in [0.3, 0.4) is 0 Å². The van der Waals surface area contributed by atoms with Crippen LogP contribution in [0.4, 0.5) is 0 Å². The van der Waals surface area contributed by atoms with E-state index in [1.807, 2.05) is 0 Å². The molecule has 0 aliphatic rings. The zero-order valence-electron chi connectivity index (χ0n) is 9.96. The van der Waals surface area contributed by atoms with E-state index in [-0.39, 0.29) is 18.1 Å². The molecule has 0 atom stereocenters. The van der Waals surface area contributed by atoms with Gasteiger partial charge in [-0.15, -0.1) is 0 Å². The fraction of sp³-hybridized carbons (Fsp3) is 0.250. The minimum Gasteiger partial charge on any atom is -0.460 e. The van der Waals surface area contributed by atoms with Crippen molar-refractivity contribution in [3.63, 3.8) is 0 Å². The Kier molecular flexibility index (Phi) is 5.06. The summed E-state index contributed by atoms with van der Waals surface area (Å²) < 4.78 is 32.9. The summed E-state index contributed by atoms with van der Waals surface area (Å²) in [6.07, 6.45) is 0.996. The molecule has 0 saturated heterocycles. The predicted octanol–water partition coefficient (Wildman–Crippen LogP) is 1.43. The average molecular weight is 270 g/mol. The van der Waals surface area contributed by atoms with Crippen molar-refractivity contribution in [3.05, 3.63) is 42.5 Å². The van der Waals surface area contributed by atoms with Crippen LogP contribution in [0.15, 0.2) is 41.8 Å². The SMILES string of the molecule is C=CC(=O)OCCOS(=O)(=O)c1ccccc1C. The highest BCUT2D eigenvalue weighted by Crippen LogP contribution is 2.16. The molecule has 0 aromatic heterocycles. The Balaban J connectivity index is 2.59. The highest BCUT2D eigenvalue weighted by molar-refractivity contribution is 7.86. The van der Waals surface area contributed by atoms with E-state index in [0.717, 1.165) is 6.08 Å². The van der Waals surface area contributed by atoms with Crippen molar-refractivity contribution in [2.45, 2.75) is 11.8 Å². The van der Waals surface area contributed by atoms with Crippen LogP contribution in [0.5, 0.6) is 0 Å². The number of rotatable bonds is 6. The number of aryl methyl sites for hydroxylation is 1. The van der Waals surface area contributed by atoms with Gasteiger partial charge in [0.15, 0.2) is 0 Å². The minimum absolute atomic E-state index is 0.111. The number of hydrogen-bond acceptors (Lipinski definition) is 5. The lowest BCUT2D eigenvalue weighted by Crippen LogP contribution is -2.14. The van der Waals surface area contributed by atoms with E-state index >= 15 is 0 Å². The molecule has 0 saturated carbocycles. The molecule has 0 heterocycles. The smallest absolute Gasteiger partial charge is 0.330 e. The van der Waals surface area contributed by atoms with E-state index in [9.17, 15) is 13.2 Å². The van der Waals surface area contributed by atoms with Crippen LogP contribution < -0.4 is 0 Å². The third kappa shape index (κ3) is 3.97. The van der Waals surface area contributed by atoms with Crippen LogP contribution in [0.2, 0.25) is 0 Å². The molecule has 0 fully saturated rings. The summed E-state index contributed by atoms with van der Waals surface area (Å²) in [7, 11) is -3.81. The summed E-state index contributed by atoms with van der Waals surface area (Å²) in [5.74, 6) is -0.619. The van der Waals surface area contributed by atoms with Crippen molar-refractivity contribution in [2.24, 2.45) is 0 Å². The van der Waals surface area contributed by atoms with Crippen molar-refractivity contribution < 1.29 is 22.1 Å². The number of ether oxygens (including phenoxy) is 1. The quantitative estimate of drug-likeness (QED) is 0.338. The number of esters is 1. The Hall–Kier alpha value is -1.66. The Morgan fingerprint density at radius 3 is 2.61 bits per heavy atom. The minimum atomic E-state index is -3.81. The van der Waals surface area contributed by atoms with Gasteiger partial charge in [0.05, 0.1) is 4.90 Å². The van der Waals surface area contributed by atoms with E-state index in [1.165, 1.54) is 6.07 Å². The van der Waals surface area contributed by atoms with Gasteiger partial charge in [0.2, 0.25) is 0 Å². The van der Waals surface area contributed by atoms with E-state index in [0.29, 0.717) is 5.56 Å². The molecule has 0 N–H and O–H groups in total. The van der Waals surface area contributed by atoms with Gasteiger partial charge in [-0.2, -0.15) is 8.42 Å². The van der Waals surface area contributed by atoms with Gasteiger partial charge in [-0.3, -0.25) is 4.18 Å². The largest absolute Gasteiger partial charge is 0.460 e. The third-order valence-corrected chi connectivity index (χ3v) is 3.57. The van der Waals surface area contributed by atoms with Gasteiger partial charge in [0.1, 0.15) is 13.2 Å². The van der Waals surface area contributed by atoms with Crippen molar-refractivity contribution in [2.75, 3.05) is 13.2 Å². The summed E-state index contributed by atoms with van der Waals surface area (Å²) >= 11 is 0. The summed E-state index contributed by atoms with van der Waals surface area (Å²) in [4.78, 5) is 10.8. The molecule has 0 aliphatic carbocycles. The van der Waals surface area contributed by atoms with Gasteiger partial charge >= 0.3 is 5.97 Å². The molecule has 0 bridgehead atoms. The van der Waals surface area contributed by atoms with Crippen molar-refractivity contribution >= 4 is 16.1 Å². The van der Waals surface area contributed by atoms with Crippen LogP contribution in [0.25, 0.3) is 0 Å². The number of hydrogen-bond donors (Lipinski definition) is 0. The van der Waals surface area contributed by atoms with E-state index in [4.69, 9.17) is 4.18 Å². The van der Waals surface area contributed by atoms with Gasteiger partial charge in [-0.05, 0) is 18.6 Å². The Labute approximate surface area is 106 Å². The first-order valence-corrected chi connectivity index (χ1v) is 6.62. The van der Waals surface area contributed by atoms with Gasteiger partial charge in [-0.25, -0.2) is 4.79 Å². The fourth-order valence-electron chi connectivity index (χ4n) is 1.25. The standard InChI is InChI=1S/C12H14O5S/c1-3-12(13)16-8-9-17-18(14,15)11-7-5-4-6-10(11)2/h3-7H,1,8-9H2,2H3. The summed E-state index contributed by atoms with van der Waals surface area (Å²) in [6.45, 7) is 4.52.